The second kappa shape index (κ2) is 7.85. The summed E-state index contributed by atoms with van der Waals surface area (Å²) in [6, 6.07) is 9.64. The van der Waals surface area contributed by atoms with E-state index < -0.39 is 0 Å². The van der Waals surface area contributed by atoms with Gasteiger partial charge in [0.25, 0.3) is 5.91 Å². The average Bonchev–Trinajstić information content (AvgIpc) is 2.87. The molecule has 0 bridgehead atoms. The van der Waals surface area contributed by atoms with Gasteiger partial charge in [0.2, 0.25) is 5.91 Å². The van der Waals surface area contributed by atoms with Gasteiger partial charge in [0.15, 0.2) is 5.82 Å². The van der Waals surface area contributed by atoms with E-state index in [9.17, 15) is 9.59 Å². The first-order valence-electron chi connectivity index (χ1n) is 8.31. The Balaban J connectivity index is 1.65. The molecule has 0 atom stereocenters. The molecule has 3 rings (SSSR count). The average molecular weight is 339 g/mol. The minimum absolute atomic E-state index is 0.0828. The Morgan fingerprint density at radius 3 is 2.40 bits per heavy atom. The number of benzene rings is 1. The van der Waals surface area contributed by atoms with Crippen LogP contribution < -0.4 is 5.73 Å². The van der Waals surface area contributed by atoms with Crippen LogP contribution in [0.3, 0.4) is 0 Å². The second-order valence-electron chi connectivity index (χ2n) is 6.05. The summed E-state index contributed by atoms with van der Waals surface area (Å²) in [5.41, 5.74) is 6.63. The highest BCUT2D eigenvalue weighted by molar-refractivity contribution is 5.93. The van der Waals surface area contributed by atoms with E-state index in [1.54, 1.807) is 17.3 Å². The highest BCUT2D eigenvalue weighted by Gasteiger charge is 2.21. The summed E-state index contributed by atoms with van der Waals surface area (Å²) < 4.78 is 0. The van der Waals surface area contributed by atoms with Crippen molar-refractivity contribution in [1.29, 1.82) is 0 Å². The van der Waals surface area contributed by atoms with E-state index >= 15 is 0 Å². The highest BCUT2D eigenvalue weighted by Crippen LogP contribution is 2.14. The number of nitrogens with two attached hydrogens (primary N) is 1. The lowest BCUT2D eigenvalue weighted by molar-refractivity contribution is -0.119. The topological polar surface area (TPSA) is 92.4 Å². The molecular formula is C18H21N5O2. The molecule has 2 amide bonds. The van der Waals surface area contributed by atoms with E-state index in [1.807, 2.05) is 35.2 Å². The molecule has 1 aromatic carbocycles. The molecule has 0 spiro atoms. The normalized spacial score (nSPS) is 15.6. The summed E-state index contributed by atoms with van der Waals surface area (Å²) in [7, 11) is 0. The van der Waals surface area contributed by atoms with Crippen molar-refractivity contribution >= 4 is 11.8 Å². The number of nitrogens with zero attached hydrogens (tertiary/aromatic N) is 4. The maximum atomic E-state index is 12.7. The van der Waals surface area contributed by atoms with Crippen LogP contribution in [0, 0.1) is 0 Å². The fraction of sp³-hybridized carbons (Fsp3) is 0.333. The summed E-state index contributed by atoms with van der Waals surface area (Å²) in [6.07, 6.45) is 3.95. The first kappa shape index (κ1) is 17.0. The molecule has 130 valence electrons. The van der Waals surface area contributed by atoms with E-state index in [4.69, 9.17) is 5.73 Å². The molecule has 2 heterocycles. The van der Waals surface area contributed by atoms with Crippen LogP contribution in [0.1, 0.15) is 16.8 Å². The number of carbonyl (C=O) groups excluding carboxylic acids is 2. The third-order valence-electron chi connectivity index (χ3n) is 4.19. The number of hydrogen-bond donors (Lipinski definition) is 1. The molecule has 1 fully saturated rings. The number of aromatic nitrogens is 2. The number of primary amides is 1. The quantitative estimate of drug-likeness (QED) is 0.888. The summed E-state index contributed by atoms with van der Waals surface area (Å²) >= 11 is 0. The second-order valence-corrected chi connectivity index (χ2v) is 6.05. The fourth-order valence-electron chi connectivity index (χ4n) is 2.91. The van der Waals surface area contributed by atoms with Crippen LogP contribution in [0.4, 0.5) is 0 Å². The maximum absolute atomic E-state index is 12.7. The molecule has 7 heteroatoms. The molecule has 1 aliphatic rings. The number of rotatable bonds is 4. The Labute approximate surface area is 146 Å². The molecule has 25 heavy (non-hydrogen) atoms. The van der Waals surface area contributed by atoms with Gasteiger partial charge in [-0.15, -0.1) is 0 Å². The van der Waals surface area contributed by atoms with Crippen molar-refractivity contribution in [1.82, 2.24) is 19.8 Å². The van der Waals surface area contributed by atoms with Gasteiger partial charge in [-0.1, -0.05) is 30.3 Å². The smallest absolute Gasteiger partial charge is 0.257 e. The van der Waals surface area contributed by atoms with Gasteiger partial charge in [-0.25, -0.2) is 9.97 Å². The van der Waals surface area contributed by atoms with Crippen LogP contribution in [0.15, 0.2) is 42.7 Å². The SMILES string of the molecule is NC(=O)CN1CCCN(C(=O)c2cnc(-c3ccccc3)nc2)CC1. The lowest BCUT2D eigenvalue weighted by Crippen LogP contribution is -2.38. The first-order valence-corrected chi connectivity index (χ1v) is 8.31. The Hall–Kier alpha value is -2.80. The third-order valence-corrected chi connectivity index (χ3v) is 4.19. The van der Waals surface area contributed by atoms with E-state index in [2.05, 4.69) is 9.97 Å². The number of hydrogen-bond acceptors (Lipinski definition) is 5. The molecule has 1 saturated heterocycles. The van der Waals surface area contributed by atoms with Gasteiger partial charge in [0.05, 0.1) is 12.1 Å². The minimum Gasteiger partial charge on any atom is -0.369 e. The Bertz CT molecular complexity index is 733. The molecule has 0 aliphatic carbocycles. The summed E-state index contributed by atoms with van der Waals surface area (Å²) in [5.74, 6) is 0.172. The summed E-state index contributed by atoms with van der Waals surface area (Å²) in [6.45, 7) is 2.84. The van der Waals surface area contributed by atoms with Crippen LogP contribution in [0.2, 0.25) is 0 Å². The van der Waals surface area contributed by atoms with E-state index in [1.165, 1.54) is 0 Å². The van der Waals surface area contributed by atoms with Crippen molar-refractivity contribution in [3.05, 3.63) is 48.3 Å². The summed E-state index contributed by atoms with van der Waals surface area (Å²) in [5, 5.41) is 0. The molecule has 0 radical (unpaired) electrons. The predicted molar refractivity (Wildman–Crippen MR) is 93.6 cm³/mol. The third kappa shape index (κ3) is 4.39. The van der Waals surface area contributed by atoms with Crippen LogP contribution in [0.5, 0.6) is 0 Å². The zero-order chi connectivity index (χ0) is 17.6. The molecular weight excluding hydrogens is 318 g/mol. The monoisotopic (exact) mass is 339 g/mol. The van der Waals surface area contributed by atoms with Crippen molar-refractivity contribution in [2.24, 2.45) is 5.73 Å². The maximum Gasteiger partial charge on any atom is 0.257 e. The van der Waals surface area contributed by atoms with E-state index in [-0.39, 0.29) is 18.4 Å². The lowest BCUT2D eigenvalue weighted by Gasteiger charge is -2.21. The standard InChI is InChI=1S/C18H21N5O2/c19-16(24)13-22-7-4-8-23(10-9-22)18(25)15-11-20-17(21-12-15)14-5-2-1-3-6-14/h1-3,5-6,11-12H,4,7-10,13H2,(H2,19,24). The molecule has 1 aromatic heterocycles. The van der Waals surface area contributed by atoms with Gasteiger partial charge in [-0.05, 0) is 6.42 Å². The van der Waals surface area contributed by atoms with Crippen molar-refractivity contribution in [3.8, 4) is 11.4 Å². The number of amides is 2. The van der Waals surface area contributed by atoms with Crippen LogP contribution in [-0.2, 0) is 4.79 Å². The Morgan fingerprint density at radius 2 is 1.72 bits per heavy atom. The van der Waals surface area contributed by atoms with Crippen LogP contribution in [0.25, 0.3) is 11.4 Å². The van der Waals surface area contributed by atoms with Gasteiger partial charge in [0, 0.05) is 44.1 Å². The van der Waals surface area contributed by atoms with Crippen LogP contribution >= 0.6 is 0 Å². The number of carbonyl (C=O) groups is 2. The van der Waals surface area contributed by atoms with Gasteiger partial charge < -0.3 is 10.6 Å². The molecule has 0 unspecified atom stereocenters. The van der Waals surface area contributed by atoms with E-state index in [0.29, 0.717) is 31.0 Å². The van der Waals surface area contributed by atoms with Gasteiger partial charge in [0.1, 0.15) is 0 Å². The van der Waals surface area contributed by atoms with Gasteiger partial charge in [-0.2, -0.15) is 0 Å². The largest absolute Gasteiger partial charge is 0.369 e. The predicted octanol–water partition coefficient (Wildman–Crippen LogP) is 0.777. The van der Waals surface area contributed by atoms with Gasteiger partial charge in [-0.3, -0.25) is 14.5 Å². The Kier molecular flexibility index (Phi) is 5.35. The van der Waals surface area contributed by atoms with Crippen molar-refractivity contribution < 1.29 is 9.59 Å². The zero-order valence-corrected chi connectivity index (χ0v) is 14.0. The summed E-state index contributed by atoms with van der Waals surface area (Å²) in [4.78, 5) is 36.1. The lowest BCUT2D eigenvalue weighted by atomic mass is 10.2. The molecule has 0 saturated carbocycles. The Morgan fingerprint density at radius 1 is 1.00 bits per heavy atom. The van der Waals surface area contributed by atoms with Crippen molar-refractivity contribution in [3.63, 3.8) is 0 Å². The molecule has 2 N–H and O–H groups in total. The zero-order valence-electron chi connectivity index (χ0n) is 14.0. The van der Waals surface area contributed by atoms with E-state index in [0.717, 1.165) is 18.5 Å². The van der Waals surface area contributed by atoms with Crippen LogP contribution in [-0.4, -0.2) is 64.3 Å². The molecule has 2 aromatic rings. The van der Waals surface area contributed by atoms with Crippen molar-refractivity contribution in [2.45, 2.75) is 6.42 Å². The van der Waals surface area contributed by atoms with Gasteiger partial charge >= 0.3 is 0 Å². The molecule has 7 nitrogen and oxygen atoms in total. The highest BCUT2D eigenvalue weighted by atomic mass is 16.2. The molecule has 1 aliphatic heterocycles. The van der Waals surface area contributed by atoms with Crippen molar-refractivity contribution in [2.75, 3.05) is 32.7 Å². The first-order chi connectivity index (χ1) is 12.1. The minimum atomic E-state index is -0.343. The fourth-order valence-corrected chi connectivity index (χ4v) is 2.91.